The van der Waals surface area contributed by atoms with E-state index in [9.17, 15) is 9.00 Å². The molecule has 1 aromatic heterocycles. The molecule has 2 rings (SSSR count). The molecule has 1 amide bonds. The first-order valence-corrected chi connectivity index (χ1v) is 9.63. The Kier molecular flexibility index (Phi) is 7.50. The number of hydrogen-bond acceptors (Lipinski definition) is 6. The Labute approximate surface area is 155 Å². The summed E-state index contributed by atoms with van der Waals surface area (Å²) >= 11 is 0. The second-order valence-electron chi connectivity index (χ2n) is 5.77. The highest BCUT2D eigenvalue weighted by atomic mass is 32.2. The smallest absolute Gasteiger partial charge is 0.232 e. The summed E-state index contributed by atoms with van der Waals surface area (Å²) in [7, 11) is 1.57. The molecule has 7 nitrogen and oxygen atoms in total. The first-order valence-electron chi connectivity index (χ1n) is 8.14. The minimum atomic E-state index is -1.39. The third-order valence-corrected chi connectivity index (χ3v) is 5.03. The lowest BCUT2D eigenvalue weighted by atomic mass is 10.1. The standard InChI is InChI=1S/C18H24N2O5S/c1-12-7-5-6-8-14(12)18-20-15(13(2)25-18)10-26(22)11-16(21)19-9-17(23-3)24-4/h5-8,17H,9-11H2,1-4H3,(H,19,21)/t26-/m1/s1. The second kappa shape index (κ2) is 9.61. The van der Waals surface area contributed by atoms with Crippen molar-refractivity contribution in [3.8, 4) is 11.5 Å². The van der Waals surface area contributed by atoms with Crippen molar-refractivity contribution in [3.05, 3.63) is 41.3 Å². The van der Waals surface area contributed by atoms with Crippen molar-refractivity contribution in [1.29, 1.82) is 0 Å². The summed E-state index contributed by atoms with van der Waals surface area (Å²) in [5, 5.41) is 2.63. The van der Waals surface area contributed by atoms with Crippen LogP contribution in [0.2, 0.25) is 0 Å². The lowest BCUT2D eigenvalue weighted by Gasteiger charge is -2.13. The summed E-state index contributed by atoms with van der Waals surface area (Å²) in [6.45, 7) is 3.96. The second-order valence-corrected chi connectivity index (χ2v) is 7.23. The SMILES string of the molecule is COC(CNC(=O)C[S@](=O)Cc1nc(-c2ccccc2C)oc1C)OC. The van der Waals surface area contributed by atoms with Crippen LogP contribution in [0.15, 0.2) is 28.7 Å². The largest absolute Gasteiger partial charge is 0.441 e. The normalized spacial score (nSPS) is 12.3. The summed E-state index contributed by atoms with van der Waals surface area (Å²) in [5.74, 6) is 0.817. The zero-order chi connectivity index (χ0) is 19.1. The number of methoxy groups -OCH3 is 2. The van der Waals surface area contributed by atoms with E-state index >= 15 is 0 Å². The van der Waals surface area contributed by atoms with Gasteiger partial charge in [-0.15, -0.1) is 0 Å². The van der Waals surface area contributed by atoms with E-state index < -0.39 is 17.1 Å². The van der Waals surface area contributed by atoms with Crippen LogP contribution in [-0.4, -0.2) is 47.9 Å². The molecule has 0 radical (unpaired) electrons. The summed E-state index contributed by atoms with van der Waals surface area (Å²) < 4.78 is 28.0. The van der Waals surface area contributed by atoms with Crippen molar-refractivity contribution < 1.29 is 22.9 Å². The molecular weight excluding hydrogens is 356 g/mol. The van der Waals surface area contributed by atoms with E-state index in [2.05, 4.69) is 10.3 Å². The predicted molar refractivity (Wildman–Crippen MR) is 98.9 cm³/mol. The highest BCUT2D eigenvalue weighted by Crippen LogP contribution is 2.25. The Hall–Kier alpha value is -2.03. The van der Waals surface area contributed by atoms with Gasteiger partial charge in [0.2, 0.25) is 11.8 Å². The van der Waals surface area contributed by atoms with Crippen LogP contribution >= 0.6 is 0 Å². The number of rotatable bonds is 9. The van der Waals surface area contributed by atoms with Crippen LogP contribution in [0, 0.1) is 13.8 Å². The Morgan fingerprint density at radius 3 is 2.62 bits per heavy atom. The highest BCUT2D eigenvalue weighted by Gasteiger charge is 2.17. The molecule has 1 heterocycles. The fraction of sp³-hybridized carbons (Fsp3) is 0.444. The molecular formula is C18H24N2O5S. The van der Waals surface area contributed by atoms with Crippen LogP contribution in [0.25, 0.3) is 11.5 Å². The van der Waals surface area contributed by atoms with Crippen LogP contribution in [0.1, 0.15) is 17.0 Å². The zero-order valence-electron chi connectivity index (χ0n) is 15.4. The van der Waals surface area contributed by atoms with Crippen LogP contribution in [0.4, 0.5) is 0 Å². The fourth-order valence-electron chi connectivity index (χ4n) is 2.35. The molecule has 26 heavy (non-hydrogen) atoms. The Morgan fingerprint density at radius 1 is 1.27 bits per heavy atom. The number of ether oxygens (including phenoxy) is 2. The zero-order valence-corrected chi connectivity index (χ0v) is 16.2. The molecule has 0 aliphatic heterocycles. The number of hydrogen-bond donors (Lipinski definition) is 1. The number of carbonyl (C=O) groups is 1. The van der Waals surface area contributed by atoms with Gasteiger partial charge in [-0.25, -0.2) is 4.98 Å². The molecule has 0 saturated carbocycles. The molecule has 1 atom stereocenters. The van der Waals surface area contributed by atoms with Crippen molar-refractivity contribution in [1.82, 2.24) is 10.3 Å². The first-order chi connectivity index (χ1) is 12.4. The predicted octanol–water partition coefficient (Wildman–Crippen LogP) is 1.94. The van der Waals surface area contributed by atoms with Gasteiger partial charge in [0, 0.05) is 30.6 Å². The minimum Gasteiger partial charge on any atom is -0.441 e. The van der Waals surface area contributed by atoms with E-state index in [4.69, 9.17) is 13.9 Å². The molecule has 0 bridgehead atoms. The number of aromatic nitrogens is 1. The summed E-state index contributed by atoms with van der Waals surface area (Å²) in [6, 6.07) is 7.76. The number of oxazole rings is 1. The molecule has 0 unspecified atom stereocenters. The van der Waals surface area contributed by atoms with Gasteiger partial charge in [-0.3, -0.25) is 9.00 Å². The summed E-state index contributed by atoms with van der Waals surface area (Å²) in [5.41, 5.74) is 2.54. The van der Waals surface area contributed by atoms with Crippen LogP contribution in [0.5, 0.6) is 0 Å². The van der Waals surface area contributed by atoms with Crippen LogP contribution in [0.3, 0.4) is 0 Å². The molecule has 0 spiro atoms. The Morgan fingerprint density at radius 2 is 1.96 bits per heavy atom. The summed E-state index contributed by atoms with van der Waals surface area (Å²) in [6.07, 6.45) is -0.526. The number of nitrogens with one attached hydrogen (secondary N) is 1. The molecule has 0 aliphatic carbocycles. The third-order valence-electron chi connectivity index (χ3n) is 3.85. The van der Waals surface area contributed by atoms with E-state index in [-0.39, 0.29) is 24.0 Å². The van der Waals surface area contributed by atoms with Crippen molar-refractivity contribution in [3.63, 3.8) is 0 Å². The Balaban J connectivity index is 1.95. The quantitative estimate of drug-likeness (QED) is 0.669. The highest BCUT2D eigenvalue weighted by molar-refractivity contribution is 7.84. The van der Waals surface area contributed by atoms with Gasteiger partial charge in [0.15, 0.2) is 6.29 Å². The number of benzene rings is 1. The molecule has 0 fully saturated rings. The maximum Gasteiger partial charge on any atom is 0.232 e. The average molecular weight is 380 g/mol. The topological polar surface area (TPSA) is 90.7 Å². The van der Waals surface area contributed by atoms with Crippen molar-refractivity contribution in [2.24, 2.45) is 0 Å². The molecule has 0 aliphatic rings. The fourth-order valence-corrected chi connectivity index (χ4v) is 3.42. The molecule has 142 valence electrons. The van der Waals surface area contributed by atoms with Gasteiger partial charge in [-0.05, 0) is 25.5 Å². The molecule has 1 aromatic carbocycles. The average Bonchev–Trinajstić information content (AvgIpc) is 2.96. The molecule has 8 heteroatoms. The maximum absolute atomic E-state index is 12.3. The van der Waals surface area contributed by atoms with E-state index in [1.165, 1.54) is 14.2 Å². The van der Waals surface area contributed by atoms with E-state index in [1.54, 1.807) is 6.92 Å². The van der Waals surface area contributed by atoms with Crippen LogP contribution in [-0.2, 0) is 30.8 Å². The van der Waals surface area contributed by atoms with E-state index in [1.807, 2.05) is 31.2 Å². The maximum atomic E-state index is 12.3. The van der Waals surface area contributed by atoms with Crippen LogP contribution < -0.4 is 5.32 Å². The minimum absolute atomic E-state index is 0.119. The molecule has 0 saturated heterocycles. The van der Waals surface area contributed by atoms with Crippen molar-refractivity contribution in [2.75, 3.05) is 26.5 Å². The number of carbonyl (C=O) groups excluding carboxylic acids is 1. The third kappa shape index (κ3) is 5.48. The van der Waals surface area contributed by atoms with Gasteiger partial charge in [-0.1, -0.05) is 18.2 Å². The lowest BCUT2D eigenvalue weighted by Crippen LogP contribution is -2.36. The monoisotopic (exact) mass is 380 g/mol. The molecule has 1 N–H and O–H groups in total. The Bertz CT molecular complexity index is 771. The summed E-state index contributed by atoms with van der Waals surface area (Å²) in [4.78, 5) is 16.3. The number of aryl methyl sites for hydroxylation is 2. The number of nitrogens with zero attached hydrogens (tertiary/aromatic N) is 1. The van der Waals surface area contributed by atoms with Crippen molar-refractivity contribution >= 4 is 16.7 Å². The van der Waals surface area contributed by atoms with E-state index in [0.717, 1.165) is 11.1 Å². The number of amides is 1. The first kappa shape index (κ1) is 20.3. The van der Waals surface area contributed by atoms with Gasteiger partial charge in [0.25, 0.3) is 0 Å². The van der Waals surface area contributed by atoms with Gasteiger partial charge in [0.1, 0.15) is 11.5 Å². The van der Waals surface area contributed by atoms with E-state index in [0.29, 0.717) is 17.3 Å². The van der Waals surface area contributed by atoms with Gasteiger partial charge < -0.3 is 19.2 Å². The van der Waals surface area contributed by atoms with Gasteiger partial charge in [-0.2, -0.15) is 0 Å². The molecule has 2 aromatic rings. The lowest BCUT2D eigenvalue weighted by molar-refractivity contribution is -0.125. The van der Waals surface area contributed by atoms with Gasteiger partial charge in [0.05, 0.1) is 18.0 Å². The van der Waals surface area contributed by atoms with Gasteiger partial charge >= 0.3 is 0 Å². The van der Waals surface area contributed by atoms with Crippen molar-refractivity contribution in [2.45, 2.75) is 25.9 Å².